The molecule has 19 heavy (non-hydrogen) atoms. The molecule has 0 saturated carbocycles. The molecule has 1 aromatic carbocycles. The van der Waals surface area contributed by atoms with Gasteiger partial charge in [0.15, 0.2) is 10.5 Å². The molecule has 0 fully saturated rings. The van der Waals surface area contributed by atoms with Crippen molar-refractivity contribution < 1.29 is 4.92 Å². The normalized spacial score (nSPS) is 10.7. The van der Waals surface area contributed by atoms with Gasteiger partial charge in [0.1, 0.15) is 5.01 Å². The van der Waals surface area contributed by atoms with Gasteiger partial charge in [-0.2, -0.15) is 0 Å². The summed E-state index contributed by atoms with van der Waals surface area (Å²) in [6.07, 6.45) is 3.15. The van der Waals surface area contributed by atoms with E-state index in [9.17, 15) is 10.1 Å². The SMILES string of the molecule is Nc1cc([N+](=O)[O-])ccc1-c1nc2nccnc2s1. The number of benzene rings is 1. The molecule has 3 rings (SSSR count). The summed E-state index contributed by atoms with van der Waals surface area (Å²) in [5.74, 6) is 0. The summed E-state index contributed by atoms with van der Waals surface area (Å²) < 4.78 is 0. The maximum Gasteiger partial charge on any atom is 0.271 e. The molecule has 8 heteroatoms. The standard InChI is InChI=1S/C11H7N5O2S/c12-8-5-6(16(17)18)1-2-7(8)10-15-9-11(19-10)14-4-3-13-9/h1-5H,12H2. The number of non-ortho nitro benzene ring substituents is 1. The lowest BCUT2D eigenvalue weighted by Gasteiger charge is -2.00. The predicted molar refractivity (Wildman–Crippen MR) is 71.7 cm³/mol. The average Bonchev–Trinajstić information content (AvgIpc) is 2.81. The number of hydrogen-bond donors (Lipinski definition) is 1. The van der Waals surface area contributed by atoms with Crippen LogP contribution in [0.5, 0.6) is 0 Å². The van der Waals surface area contributed by atoms with Crippen molar-refractivity contribution in [3.63, 3.8) is 0 Å². The second-order valence-electron chi connectivity index (χ2n) is 3.73. The molecule has 7 nitrogen and oxygen atoms in total. The Morgan fingerprint density at radius 3 is 2.74 bits per heavy atom. The predicted octanol–water partition coefficient (Wildman–Crippen LogP) is 2.24. The third-order valence-corrected chi connectivity index (χ3v) is 3.51. The minimum atomic E-state index is -0.485. The van der Waals surface area contributed by atoms with Gasteiger partial charge >= 0.3 is 0 Å². The molecular weight excluding hydrogens is 266 g/mol. The Kier molecular flexibility index (Phi) is 2.57. The number of nitro benzene ring substituents is 1. The molecule has 94 valence electrons. The number of nitrogen functional groups attached to an aromatic ring is 1. The van der Waals surface area contributed by atoms with E-state index >= 15 is 0 Å². The molecule has 2 aromatic heterocycles. The van der Waals surface area contributed by atoms with E-state index in [0.29, 0.717) is 26.7 Å². The van der Waals surface area contributed by atoms with Gasteiger partial charge in [-0.3, -0.25) is 10.1 Å². The lowest BCUT2D eigenvalue weighted by molar-refractivity contribution is -0.384. The molecule has 0 atom stereocenters. The fraction of sp³-hybridized carbons (Fsp3) is 0. The van der Waals surface area contributed by atoms with Crippen LogP contribution in [0.15, 0.2) is 30.6 Å². The van der Waals surface area contributed by atoms with Crippen LogP contribution < -0.4 is 5.73 Å². The quantitative estimate of drug-likeness (QED) is 0.436. The number of hydrogen-bond acceptors (Lipinski definition) is 7. The Morgan fingerprint density at radius 2 is 2.05 bits per heavy atom. The van der Waals surface area contributed by atoms with E-state index in [1.54, 1.807) is 18.5 Å². The first-order valence-electron chi connectivity index (χ1n) is 5.27. The van der Waals surface area contributed by atoms with Gasteiger partial charge < -0.3 is 5.73 Å². The van der Waals surface area contributed by atoms with Crippen LogP contribution in [-0.2, 0) is 0 Å². The zero-order valence-corrected chi connectivity index (χ0v) is 10.3. The van der Waals surface area contributed by atoms with Gasteiger partial charge in [-0.05, 0) is 6.07 Å². The van der Waals surface area contributed by atoms with Crippen LogP contribution in [-0.4, -0.2) is 19.9 Å². The van der Waals surface area contributed by atoms with Crippen LogP contribution in [0.2, 0.25) is 0 Å². The Balaban J connectivity index is 2.13. The monoisotopic (exact) mass is 273 g/mol. The fourth-order valence-corrected chi connectivity index (χ4v) is 2.57. The molecule has 0 aliphatic carbocycles. The molecular formula is C11H7N5O2S. The largest absolute Gasteiger partial charge is 0.398 e. The van der Waals surface area contributed by atoms with Crippen molar-refractivity contribution in [1.82, 2.24) is 15.0 Å². The number of thiazole rings is 1. The fourth-order valence-electron chi connectivity index (χ4n) is 1.65. The molecule has 0 amide bonds. The van der Waals surface area contributed by atoms with Crippen LogP contribution in [0.1, 0.15) is 0 Å². The van der Waals surface area contributed by atoms with E-state index in [4.69, 9.17) is 5.73 Å². The van der Waals surface area contributed by atoms with Crippen molar-refractivity contribution in [2.45, 2.75) is 0 Å². The van der Waals surface area contributed by atoms with Crippen molar-refractivity contribution >= 4 is 33.2 Å². The highest BCUT2D eigenvalue weighted by Gasteiger charge is 2.14. The van der Waals surface area contributed by atoms with Crippen LogP contribution in [0.4, 0.5) is 11.4 Å². The van der Waals surface area contributed by atoms with E-state index in [0.717, 1.165) is 0 Å². The first kappa shape index (κ1) is 11.5. The van der Waals surface area contributed by atoms with Crippen LogP contribution in [0.3, 0.4) is 0 Å². The Hall–Kier alpha value is -2.61. The third-order valence-electron chi connectivity index (χ3n) is 2.52. The maximum atomic E-state index is 10.7. The summed E-state index contributed by atoms with van der Waals surface area (Å²) in [5.41, 5.74) is 7.30. The molecule has 0 saturated heterocycles. The van der Waals surface area contributed by atoms with Gasteiger partial charge in [0.05, 0.1) is 4.92 Å². The van der Waals surface area contributed by atoms with Gasteiger partial charge in [0, 0.05) is 35.8 Å². The van der Waals surface area contributed by atoms with E-state index in [1.807, 2.05) is 0 Å². The van der Waals surface area contributed by atoms with Gasteiger partial charge in [0.2, 0.25) is 0 Å². The number of anilines is 1. The zero-order valence-electron chi connectivity index (χ0n) is 9.48. The molecule has 2 N–H and O–H groups in total. The van der Waals surface area contributed by atoms with Gasteiger partial charge in [-0.25, -0.2) is 15.0 Å². The van der Waals surface area contributed by atoms with Gasteiger partial charge in [0.25, 0.3) is 5.69 Å². The topological polar surface area (TPSA) is 108 Å². The average molecular weight is 273 g/mol. The minimum Gasteiger partial charge on any atom is -0.398 e. The number of nitrogens with two attached hydrogens (primary N) is 1. The molecule has 0 aliphatic rings. The highest BCUT2D eigenvalue weighted by atomic mass is 32.1. The van der Waals surface area contributed by atoms with Crippen molar-refractivity contribution in [2.24, 2.45) is 0 Å². The number of rotatable bonds is 2. The van der Waals surface area contributed by atoms with Crippen molar-refractivity contribution in [1.29, 1.82) is 0 Å². The molecule has 2 heterocycles. The molecule has 0 aliphatic heterocycles. The minimum absolute atomic E-state index is 0.0430. The Labute approximate surface area is 110 Å². The maximum absolute atomic E-state index is 10.7. The van der Waals surface area contributed by atoms with E-state index < -0.39 is 4.92 Å². The van der Waals surface area contributed by atoms with Crippen molar-refractivity contribution in [2.75, 3.05) is 5.73 Å². The third kappa shape index (κ3) is 1.97. The second kappa shape index (κ2) is 4.25. The van der Waals surface area contributed by atoms with E-state index in [2.05, 4.69) is 15.0 Å². The lowest BCUT2D eigenvalue weighted by atomic mass is 10.2. The summed E-state index contributed by atoms with van der Waals surface area (Å²) in [5, 5.41) is 11.3. The molecule has 0 radical (unpaired) electrons. The highest BCUT2D eigenvalue weighted by Crippen LogP contribution is 2.33. The van der Waals surface area contributed by atoms with Crippen LogP contribution in [0, 0.1) is 10.1 Å². The van der Waals surface area contributed by atoms with E-state index in [-0.39, 0.29) is 5.69 Å². The number of nitrogens with zero attached hydrogens (tertiary/aromatic N) is 4. The lowest BCUT2D eigenvalue weighted by Crippen LogP contribution is -1.93. The Morgan fingerprint density at radius 1 is 1.26 bits per heavy atom. The zero-order chi connectivity index (χ0) is 13.4. The number of nitro groups is 1. The summed E-state index contributed by atoms with van der Waals surface area (Å²) >= 11 is 1.34. The van der Waals surface area contributed by atoms with Gasteiger partial charge in [-0.15, -0.1) is 0 Å². The molecule has 3 aromatic rings. The van der Waals surface area contributed by atoms with Crippen LogP contribution in [0.25, 0.3) is 21.0 Å². The molecule has 0 bridgehead atoms. The molecule has 0 spiro atoms. The highest BCUT2D eigenvalue weighted by molar-refractivity contribution is 7.21. The second-order valence-corrected chi connectivity index (χ2v) is 4.71. The van der Waals surface area contributed by atoms with Crippen LogP contribution >= 0.6 is 11.3 Å². The smallest absolute Gasteiger partial charge is 0.271 e. The van der Waals surface area contributed by atoms with Crippen molar-refractivity contribution in [3.05, 3.63) is 40.7 Å². The van der Waals surface area contributed by atoms with Gasteiger partial charge in [-0.1, -0.05) is 11.3 Å². The first-order valence-corrected chi connectivity index (χ1v) is 6.08. The summed E-state index contributed by atoms with van der Waals surface area (Å²) in [4.78, 5) is 23.4. The number of fused-ring (bicyclic) bond motifs is 1. The summed E-state index contributed by atoms with van der Waals surface area (Å²) in [6, 6.07) is 4.31. The summed E-state index contributed by atoms with van der Waals surface area (Å²) in [6.45, 7) is 0. The summed E-state index contributed by atoms with van der Waals surface area (Å²) in [7, 11) is 0. The van der Waals surface area contributed by atoms with Crippen molar-refractivity contribution in [3.8, 4) is 10.6 Å². The van der Waals surface area contributed by atoms with E-state index in [1.165, 1.54) is 23.5 Å². The number of aromatic nitrogens is 3. The molecule has 0 unspecified atom stereocenters. The Bertz CT molecular complexity index is 753. The first-order chi connectivity index (χ1) is 9.15.